The molecule has 3 aromatic rings. The second-order valence-corrected chi connectivity index (χ2v) is 8.59. The van der Waals surface area contributed by atoms with Gasteiger partial charge in [0.15, 0.2) is 0 Å². The van der Waals surface area contributed by atoms with Gasteiger partial charge in [-0.15, -0.1) is 24.8 Å². The fourth-order valence-electron chi connectivity index (χ4n) is 3.02. The van der Waals surface area contributed by atoms with Gasteiger partial charge in [0.2, 0.25) is 10.0 Å². The Kier molecular flexibility index (Phi) is 10.0. The minimum absolute atomic E-state index is 0. The van der Waals surface area contributed by atoms with Crippen LogP contribution in [0.25, 0.3) is 10.8 Å². The van der Waals surface area contributed by atoms with Gasteiger partial charge in [-0.2, -0.15) is 0 Å². The van der Waals surface area contributed by atoms with Crippen molar-refractivity contribution >= 4 is 45.6 Å². The highest BCUT2D eigenvalue weighted by Crippen LogP contribution is 2.18. The minimum Gasteiger partial charge on any atom is -0.315 e. The first-order valence-corrected chi connectivity index (χ1v) is 10.6. The summed E-state index contributed by atoms with van der Waals surface area (Å²) in [6, 6.07) is 16.9. The van der Waals surface area contributed by atoms with E-state index in [9.17, 15) is 8.42 Å². The molecule has 5 nitrogen and oxygen atoms in total. The van der Waals surface area contributed by atoms with Crippen LogP contribution in [0.1, 0.15) is 25.3 Å². The van der Waals surface area contributed by atoms with Crippen molar-refractivity contribution in [3.8, 4) is 0 Å². The summed E-state index contributed by atoms with van der Waals surface area (Å²) in [6.07, 6.45) is 3.38. The van der Waals surface area contributed by atoms with E-state index in [2.05, 4.69) is 34.1 Å². The molecule has 0 aliphatic heterocycles. The van der Waals surface area contributed by atoms with Crippen LogP contribution in [0.4, 0.5) is 0 Å². The van der Waals surface area contributed by atoms with Crippen molar-refractivity contribution in [1.82, 2.24) is 15.0 Å². The molecule has 8 heteroatoms. The highest BCUT2D eigenvalue weighted by atomic mass is 35.5. The van der Waals surface area contributed by atoms with E-state index in [1.807, 2.05) is 31.2 Å². The highest BCUT2D eigenvalue weighted by Gasteiger charge is 2.18. The molecule has 2 N–H and O–H groups in total. The molecular weight excluding hydrogens is 429 g/mol. The lowest BCUT2D eigenvalue weighted by atomic mass is 10.0. The molecule has 158 valence electrons. The van der Waals surface area contributed by atoms with Crippen LogP contribution < -0.4 is 10.0 Å². The number of rotatable bonds is 8. The normalized spacial score (nSPS) is 13.2. The predicted octanol–water partition coefficient (Wildman–Crippen LogP) is 4.14. The van der Waals surface area contributed by atoms with Crippen molar-refractivity contribution in [2.45, 2.75) is 30.7 Å². The van der Waals surface area contributed by atoms with Gasteiger partial charge in [0.25, 0.3) is 0 Å². The summed E-state index contributed by atoms with van der Waals surface area (Å²) < 4.78 is 28.0. The second-order valence-electron chi connectivity index (χ2n) is 6.88. The Labute approximate surface area is 185 Å². The third kappa shape index (κ3) is 6.94. The van der Waals surface area contributed by atoms with Gasteiger partial charge in [-0.1, -0.05) is 43.3 Å². The minimum atomic E-state index is -3.56. The zero-order chi connectivity index (χ0) is 19.3. The lowest BCUT2D eigenvalue weighted by Gasteiger charge is -2.18. The van der Waals surface area contributed by atoms with E-state index in [1.54, 1.807) is 30.6 Å². The maximum absolute atomic E-state index is 12.7. The standard InChI is InChI=1S/C21H25N3O2S.2ClH/c1-16(18-6-4-3-5-7-18)13-23-14-17(2)24-27(25,26)21-9-8-20-15-22-11-10-19(20)12-21;;/h3-12,15-17,23-24H,13-14H2,1-2H3;2*1H/t16-,17+;;/m0../s1. The monoisotopic (exact) mass is 455 g/mol. The number of fused-ring (bicyclic) bond motifs is 1. The topological polar surface area (TPSA) is 71.1 Å². The summed E-state index contributed by atoms with van der Waals surface area (Å²) in [4.78, 5) is 4.32. The van der Waals surface area contributed by atoms with E-state index in [0.29, 0.717) is 12.5 Å². The molecule has 29 heavy (non-hydrogen) atoms. The van der Waals surface area contributed by atoms with E-state index in [-0.39, 0.29) is 35.8 Å². The molecule has 1 heterocycles. The first-order chi connectivity index (χ1) is 13.0. The maximum Gasteiger partial charge on any atom is 0.240 e. The van der Waals surface area contributed by atoms with Crippen LogP contribution in [-0.2, 0) is 10.0 Å². The number of nitrogens with one attached hydrogen (secondary N) is 2. The molecule has 1 aromatic heterocycles. The SMILES string of the molecule is C[C@H](CNC[C@H](C)c1ccccc1)NS(=O)(=O)c1ccc2cnccc2c1.Cl.Cl. The number of pyridine rings is 1. The first-order valence-electron chi connectivity index (χ1n) is 9.07. The Bertz CT molecular complexity index is 1000. The van der Waals surface area contributed by atoms with Crippen LogP contribution in [0, 0.1) is 0 Å². The molecule has 0 radical (unpaired) electrons. The quantitative estimate of drug-likeness (QED) is 0.535. The lowest BCUT2D eigenvalue weighted by molar-refractivity contribution is 0.525. The number of hydrogen-bond donors (Lipinski definition) is 2. The third-order valence-electron chi connectivity index (χ3n) is 4.55. The van der Waals surface area contributed by atoms with Crippen molar-refractivity contribution < 1.29 is 8.42 Å². The highest BCUT2D eigenvalue weighted by molar-refractivity contribution is 7.89. The number of aromatic nitrogens is 1. The van der Waals surface area contributed by atoms with Gasteiger partial charge in [-0.25, -0.2) is 13.1 Å². The Morgan fingerprint density at radius 2 is 1.66 bits per heavy atom. The summed E-state index contributed by atoms with van der Waals surface area (Å²) in [5, 5.41) is 5.13. The Hall–Kier alpha value is -1.70. The van der Waals surface area contributed by atoms with E-state index in [1.165, 1.54) is 5.56 Å². The van der Waals surface area contributed by atoms with Gasteiger partial charge in [0, 0.05) is 36.9 Å². The first kappa shape index (κ1) is 25.3. The van der Waals surface area contributed by atoms with Gasteiger partial charge in [-0.05, 0) is 42.0 Å². The predicted molar refractivity (Wildman–Crippen MR) is 124 cm³/mol. The van der Waals surface area contributed by atoms with Crippen molar-refractivity contribution in [3.63, 3.8) is 0 Å². The molecule has 0 spiro atoms. The molecule has 3 rings (SSSR count). The molecule has 2 aromatic carbocycles. The van der Waals surface area contributed by atoms with Gasteiger partial charge >= 0.3 is 0 Å². The van der Waals surface area contributed by atoms with Crippen molar-refractivity contribution in [3.05, 3.63) is 72.6 Å². The van der Waals surface area contributed by atoms with Gasteiger partial charge < -0.3 is 5.32 Å². The van der Waals surface area contributed by atoms with Gasteiger partial charge in [-0.3, -0.25) is 4.98 Å². The molecule has 0 fully saturated rings. The fraction of sp³-hybridized carbons (Fsp3) is 0.286. The number of halogens is 2. The van der Waals surface area contributed by atoms with Crippen molar-refractivity contribution in [2.75, 3.05) is 13.1 Å². The van der Waals surface area contributed by atoms with Gasteiger partial charge in [0.1, 0.15) is 0 Å². The fourth-order valence-corrected chi connectivity index (χ4v) is 4.30. The van der Waals surface area contributed by atoms with Crippen LogP contribution >= 0.6 is 24.8 Å². The summed E-state index contributed by atoms with van der Waals surface area (Å²) in [7, 11) is -3.56. The van der Waals surface area contributed by atoms with Crippen LogP contribution in [0.15, 0.2) is 71.9 Å². The van der Waals surface area contributed by atoms with E-state index in [4.69, 9.17) is 0 Å². The van der Waals surface area contributed by atoms with Crippen LogP contribution in [0.3, 0.4) is 0 Å². The molecule has 2 atom stereocenters. The molecule has 0 saturated carbocycles. The van der Waals surface area contributed by atoms with Gasteiger partial charge in [0.05, 0.1) is 4.90 Å². The Morgan fingerprint density at radius 3 is 2.38 bits per heavy atom. The Balaban J connectivity index is 0.00000210. The summed E-state index contributed by atoms with van der Waals surface area (Å²) in [6.45, 7) is 5.37. The lowest BCUT2D eigenvalue weighted by Crippen LogP contribution is -2.40. The summed E-state index contributed by atoms with van der Waals surface area (Å²) >= 11 is 0. The van der Waals surface area contributed by atoms with Crippen molar-refractivity contribution in [1.29, 1.82) is 0 Å². The molecule has 0 bridgehead atoms. The molecule has 0 saturated heterocycles. The summed E-state index contributed by atoms with van der Waals surface area (Å²) in [5.41, 5.74) is 1.27. The number of benzene rings is 2. The smallest absolute Gasteiger partial charge is 0.240 e. The third-order valence-corrected chi connectivity index (χ3v) is 6.14. The number of nitrogens with zero attached hydrogens (tertiary/aromatic N) is 1. The molecule has 0 aliphatic carbocycles. The zero-order valence-corrected chi connectivity index (χ0v) is 18.9. The molecule has 0 amide bonds. The zero-order valence-electron chi connectivity index (χ0n) is 16.4. The van der Waals surface area contributed by atoms with Crippen LogP contribution in [0.5, 0.6) is 0 Å². The van der Waals surface area contributed by atoms with E-state index in [0.717, 1.165) is 17.3 Å². The number of hydrogen-bond acceptors (Lipinski definition) is 4. The number of sulfonamides is 1. The van der Waals surface area contributed by atoms with Crippen LogP contribution in [-0.4, -0.2) is 32.5 Å². The molecular formula is C21H27Cl2N3O2S. The largest absolute Gasteiger partial charge is 0.315 e. The van der Waals surface area contributed by atoms with E-state index >= 15 is 0 Å². The molecule has 0 unspecified atom stereocenters. The van der Waals surface area contributed by atoms with E-state index < -0.39 is 10.0 Å². The van der Waals surface area contributed by atoms with Crippen molar-refractivity contribution in [2.24, 2.45) is 0 Å². The average molecular weight is 456 g/mol. The summed E-state index contributed by atoms with van der Waals surface area (Å²) in [5.74, 6) is 0.365. The Morgan fingerprint density at radius 1 is 0.931 bits per heavy atom. The molecule has 0 aliphatic rings. The maximum atomic E-state index is 12.7. The second kappa shape index (κ2) is 11.5. The average Bonchev–Trinajstić information content (AvgIpc) is 2.67. The van der Waals surface area contributed by atoms with Crippen LogP contribution in [0.2, 0.25) is 0 Å².